The van der Waals surface area contributed by atoms with E-state index in [1.54, 1.807) is 0 Å². The van der Waals surface area contributed by atoms with E-state index in [2.05, 4.69) is 5.32 Å². The maximum atomic E-state index is 9.03. The van der Waals surface area contributed by atoms with Crippen LogP contribution in [0.15, 0.2) is 0 Å². The molecule has 0 saturated carbocycles. The number of rotatable bonds is 0. The van der Waals surface area contributed by atoms with Gasteiger partial charge in [0.2, 0.25) is 0 Å². The molecule has 9 heavy (non-hydrogen) atoms. The zero-order chi connectivity index (χ0) is 6.85. The van der Waals surface area contributed by atoms with Crippen LogP contribution in [-0.2, 0) is 0 Å². The lowest BCUT2D eigenvalue weighted by Crippen LogP contribution is -2.57. The van der Waals surface area contributed by atoms with Crippen LogP contribution in [0.3, 0.4) is 0 Å². The first-order chi connectivity index (χ1) is 4.22. The zero-order valence-electron chi connectivity index (χ0n) is 5.12. The van der Waals surface area contributed by atoms with E-state index in [4.69, 9.17) is 15.9 Å². The average molecular weight is 132 g/mol. The molecule has 3 atom stereocenters. The second-order valence-electron chi connectivity index (χ2n) is 2.38. The highest BCUT2D eigenvalue weighted by Crippen LogP contribution is 2.00. The van der Waals surface area contributed by atoms with Crippen LogP contribution in [0.5, 0.6) is 0 Å². The van der Waals surface area contributed by atoms with E-state index < -0.39 is 12.2 Å². The molecule has 0 radical (unpaired) electrons. The first-order valence-corrected chi connectivity index (χ1v) is 3.04. The molecule has 5 N–H and O–H groups in total. The molecule has 1 rings (SSSR count). The Bertz CT molecular complexity index is 89.0. The normalized spacial score (nSPS) is 45.0. The van der Waals surface area contributed by atoms with Gasteiger partial charge in [0, 0.05) is 19.1 Å². The third-order valence-corrected chi connectivity index (χ3v) is 1.57. The SMILES string of the molecule is N[C@H]1CNC[C@@H](O)[C@H]1O. The van der Waals surface area contributed by atoms with Crippen LogP contribution in [0.2, 0.25) is 0 Å². The molecule has 1 heterocycles. The van der Waals surface area contributed by atoms with Crippen LogP contribution in [-0.4, -0.2) is 41.6 Å². The smallest absolute Gasteiger partial charge is 0.0974 e. The predicted octanol–water partition coefficient (Wildman–Crippen LogP) is -2.36. The molecule has 0 aromatic heterocycles. The van der Waals surface area contributed by atoms with Crippen LogP contribution < -0.4 is 11.1 Å². The molecule has 0 aromatic carbocycles. The largest absolute Gasteiger partial charge is 0.389 e. The Balaban J connectivity index is 2.41. The highest BCUT2D eigenvalue weighted by atomic mass is 16.3. The van der Waals surface area contributed by atoms with Gasteiger partial charge in [0.15, 0.2) is 0 Å². The van der Waals surface area contributed by atoms with Gasteiger partial charge in [0.1, 0.15) is 0 Å². The van der Waals surface area contributed by atoms with Crippen LogP contribution in [0.25, 0.3) is 0 Å². The minimum Gasteiger partial charge on any atom is -0.389 e. The molecule has 0 amide bonds. The van der Waals surface area contributed by atoms with E-state index in [0.717, 1.165) is 0 Å². The second kappa shape index (κ2) is 2.62. The summed E-state index contributed by atoms with van der Waals surface area (Å²) in [5.74, 6) is 0. The van der Waals surface area contributed by atoms with Gasteiger partial charge < -0.3 is 21.3 Å². The highest BCUT2D eigenvalue weighted by Gasteiger charge is 2.26. The summed E-state index contributed by atoms with van der Waals surface area (Å²) in [7, 11) is 0. The van der Waals surface area contributed by atoms with Crippen molar-refractivity contribution >= 4 is 0 Å². The molecular formula is C5H12N2O2. The summed E-state index contributed by atoms with van der Waals surface area (Å²) in [5.41, 5.74) is 5.40. The minimum atomic E-state index is -0.758. The summed E-state index contributed by atoms with van der Waals surface area (Å²) < 4.78 is 0. The summed E-state index contributed by atoms with van der Waals surface area (Å²) in [6.45, 7) is 1.02. The van der Waals surface area contributed by atoms with Gasteiger partial charge in [0.25, 0.3) is 0 Å². The van der Waals surface area contributed by atoms with Gasteiger partial charge in [-0.1, -0.05) is 0 Å². The van der Waals surface area contributed by atoms with E-state index in [1.165, 1.54) is 0 Å². The average Bonchev–Trinajstić information content (AvgIpc) is 1.83. The highest BCUT2D eigenvalue weighted by molar-refractivity contribution is 4.86. The summed E-state index contributed by atoms with van der Waals surface area (Å²) in [4.78, 5) is 0. The van der Waals surface area contributed by atoms with Gasteiger partial charge in [0.05, 0.1) is 12.2 Å². The first kappa shape index (κ1) is 6.95. The Labute approximate surface area is 53.7 Å². The fraction of sp³-hybridized carbons (Fsp3) is 1.00. The van der Waals surface area contributed by atoms with Crippen LogP contribution >= 0.6 is 0 Å². The number of nitrogens with two attached hydrogens (primary N) is 1. The van der Waals surface area contributed by atoms with Crippen LogP contribution in [0, 0.1) is 0 Å². The maximum absolute atomic E-state index is 9.03. The van der Waals surface area contributed by atoms with Gasteiger partial charge >= 0.3 is 0 Å². The molecule has 0 aromatic rings. The van der Waals surface area contributed by atoms with Crippen molar-refractivity contribution in [1.29, 1.82) is 0 Å². The number of hydrogen-bond acceptors (Lipinski definition) is 4. The molecule has 0 unspecified atom stereocenters. The van der Waals surface area contributed by atoms with Crippen molar-refractivity contribution in [3.63, 3.8) is 0 Å². The fourth-order valence-electron chi connectivity index (χ4n) is 0.925. The third kappa shape index (κ3) is 1.40. The molecule has 1 aliphatic rings. The van der Waals surface area contributed by atoms with Crippen molar-refractivity contribution in [2.75, 3.05) is 13.1 Å². The lowest BCUT2D eigenvalue weighted by molar-refractivity contribution is -0.0113. The van der Waals surface area contributed by atoms with Gasteiger partial charge in [-0.15, -0.1) is 0 Å². The fourth-order valence-corrected chi connectivity index (χ4v) is 0.925. The molecule has 4 heteroatoms. The van der Waals surface area contributed by atoms with Gasteiger partial charge in [-0.3, -0.25) is 0 Å². The molecule has 54 valence electrons. The Morgan fingerprint density at radius 3 is 2.44 bits per heavy atom. The van der Waals surface area contributed by atoms with Crippen molar-refractivity contribution in [3.8, 4) is 0 Å². The van der Waals surface area contributed by atoms with Crippen LogP contribution in [0.1, 0.15) is 0 Å². The third-order valence-electron chi connectivity index (χ3n) is 1.57. The quantitative estimate of drug-likeness (QED) is 0.297. The van der Waals surface area contributed by atoms with E-state index in [1.807, 2.05) is 0 Å². The number of hydrogen-bond donors (Lipinski definition) is 4. The van der Waals surface area contributed by atoms with Crippen molar-refractivity contribution < 1.29 is 10.2 Å². The molecule has 0 aliphatic carbocycles. The van der Waals surface area contributed by atoms with Crippen molar-refractivity contribution in [3.05, 3.63) is 0 Å². The predicted molar refractivity (Wildman–Crippen MR) is 32.9 cm³/mol. The molecule has 4 nitrogen and oxygen atoms in total. The Hall–Kier alpha value is -0.160. The van der Waals surface area contributed by atoms with Gasteiger partial charge in [-0.2, -0.15) is 0 Å². The monoisotopic (exact) mass is 132 g/mol. The van der Waals surface area contributed by atoms with E-state index >= 15 is 0 Å². The Kier molecular flexibility index (Phi) is 2.02. The summed E-state index contributed by atoms with van der Waals surface area (Å²) in [6, 6.07) is -0.325. The van der Waals surface area contributed by atoms with Crippen molar-refractivity contribution in [2.45, 2.75) is 18.2 Å². The number of aliphatic hydroxyl groups is 2. The van der Waals surface area contributed by atoms with Crippen molar-refractivity contribution in [1.82, 2.24) is 5.32 Å². The van der Waals surface area contributed by atoms with Gasteiger partial charge in [-0.05, 0) is 0 Å². The second-order valence-corrected chi connectivity index (χ2v) is 2.38. The lowest BCUT2D eigenvalue weighted by atomic mass is 10.0. The van der Waals surface area contributed by atoms with E-state index in [9.17, 15) is 0 Å². The standard InChI is InChI=1S/C5H12N2O2/c6-3-1-7-2-4(8)5(3)9/h3-5,7-9H,1-2,6H2/t3-,4+,5-/m0/s1. The minimum absolute atomic E-state index is 0.325. The molecule has 1 saturated heterocycles. The number of piperidine rings is 1. The van der Waals surface area contributed by atoms with Crippen LogP contribution in [0.4, 0.5) is 0 Å². The summed E-state index contributed by atoms with van der Waals surface area (Å²) >= 11 is 0. The molecular weight excluding hydrogens is 120 g/mol. The number of β-amino-alcohol motifs (C(OH)–C–C–N with tert-alkyl or cyclic N) is 1. The summed E-state index contributed by atoms with van der Waals surface area (Å²) in [5, 5.41) is 20.9. The lowest BCUT2D eigenvalue weighted by Gasteiger charge is -2.29. The Morgan fingerprint density at radius 2 is 2.00 bits per heavy atom. The topological polar surface area (TPSA) is 78.5 Å². The first-order valence-electron chi connectivity index (χ1n) is 3.04. The number of nitrogens with one attached hydrogen (secondary N) is 1. The molecule has 1 fully saturated rings. The zero-order valence-corrected chi connectivity index (χ0v) is 5.12. The van der Waals surface area contributed by atoms with Crippen molar-refractivity contribution in [2.24, 2.45) is 5.73 Å². The van der Waals surface area contributed by atoms with Gasteiger partial charge in [-0.25, -0.2) is 0 Å². The summed E-state index contributed by atoms with van der Waals surface area (Å²) in [6.07, 6.45) is -1.46. The number of aliphatic hydroxyl groups excluding tert-OH is 2. The molecule has 0 spiro atoms. The molecule has 1 aliphatic heterocycles. The van der Waals surface area contributed by atoms with E-state index in [0.29, 0.717) is 13.1 Å². The Morgan fingerprint density at radius 1 is 1.33 bits per heavy atom. The maximum Gasteiger partial charge on any atom is 0.0974 e. The molecule has 0 bridgehead atoms. The van der Waals surface area contributed by atoms with E-state index in [-0.39, 0.29) is 6.04 Å².